The van der Waals surface area contributed by atoms with Crippen molar-refractivity contribution in [2.75, 3.05) is 0 Å². The number of hydrogen-bond donors (Lipinski definition) is 0. The van der Waals surface area contributed by atoms with E-state index in [2.05, 4.69) is 27.1 Å². The van der Waals surface area contributed by atoms with Crippen molar-refractivity contribution >= 4 is 11.3 Å². The number of thiazole rings is 1. The first kappa shape index (κ1) is 16.5. The van der Waals surface area contributed by atoms with E-state index >= 15 is 0 Å². The fourth-order valence-corrected chi connectivity index (χ4v) is 3.43. The molecule has 0 N–H and O–H groups in total. The van der Waals surface area contributed by atoms with E-state index in [0.717, 1.165) is 33.9 Å². The largest absolute Gasteiger partial charge is 0.325 e. The molecule has 3 aromatic heterocycles. The summed E-state index contributed by atoms with van der Waals surface area (Å²) in [7, 11) is 0. The van der Waals surface area contributed by atoms with Gasteiger partial charge in [-0.15, -0.1) is 16.4 Å². The van der Waals surface area contributed by atoms with Gasteiger partial charge in [0.1, 0.15) is 22.3 Å². The average molecular weight is 365 g/mol. The van der Waals surface area contributed by atoms with E-state index in [0.29, 0.717) is 12.4 Å². The highest BCUT2D eigenvalue weighted by Gasteiger charge is 2.13. The molecule has 0 saturated carbocycles. The molecule has 0 aliphatic heterocycles. The predicted octanol–water partition coefficient (Wildman–Crippen LogP) is 4.21. The zero-order chi connectivity index (χ0) is 17.9. The van der Waals surface area contributed by atoms with Crippen molar-refractivity contribution in [3.63, 3.8) is 0 Å². The zero-order valence-electron chi connectivity index (χ0n) is 14.1. The first-order chi connectivity index (χ1) is 12.7. The Balaban J connectivity index is 1.67. The summed E-state index contributed by atoms with van der Waals surface area (Å²) in [5.74, 6) is 0.427. The maximum Gasteiger partial charge on any atom is 0.143 e. The second-order valence-corrected chi connectivity index (χ2v) is 6.68. The number of aromatic nitrogens is 5. The lowest BCUT2D eigenvalue weighted by Gasteiger charge is -2.11. The van der Waals surface area contributed by atoms with Gasteiger partial charge in [0.05, 0.1) is 12.2 Å². The van der Waals surface area contributed by atoms with E-state index in [1.165, 1.54) is 12.1 Å². The lowest BCUT2D eigenvalue weighted by Crippen LogP contribution is -2.08. The van der Waals surface area contributed by atoms with Crippen molar-refractivity contribution in [3.8, 4) is 22.1 Å². The van der Waals surface area contributed by atoms with Crippen molar-refractivity contribution in [2.24, 2.45) is 0 Å². The third-order valence-electron chi connectivity index (χ3n) is 4.11. The van der Waals surface area contributed by atoms with Crippen molar-refractivity contribution in [1.82, 2.24) is 24.7 Å². The minimum absolute atomic E-state index is 0.279. The van der Waals surface area contributed by atoms with E-state index in [1.807, 2.05) is 28.3 Å². The number of nitrogens with zero attached hydrogens (tertiary/aromatic N) is 5. The summed E-state index contributed by atoms with van der Waals surface area (Å²) in [6.07, 6.45) is 6.19. The molecule has 1 aromatic carbocycles. The Morgan fingerprint density at radius 2 is 2.04 bits per heavy atom. The number of imidazole rings is 1. The maximum atomic E-state index is 13.6. The van der Waals surface area contributed by atoms with Crippen LogP contribution in [0.25, 0.3) is 22.1 Å². The Labute approximate surface area is 154 Å². The smallest absolute Gasteiger partial charge is 0.143 e. The van der Waals surface area contributed by atoms with Gasteiger partial charge in [-0.3, -0.25) is 0 Å². The van der Waals surface area contributed by atoms with E-state index < -0.39 is 0 Å². The van der Waals surface area contributed by atoms with Gasteiger partial charge < -0.3 is 4.57 Å². The zero-order valence-corrected chi connectivity index (χ0v) is 14.9. The highest BCUT2D eigenvalue weighted by molar-refractivity contribution is 7.13. The SMILES string of the molecule is CCc1cc(-c2nccs2)nnc1Cn1ccnc1-c1cccc(F)c1. The number of benzene rings is 1. The highest BCUT2D eigenvalue weighted by Crippen LogP contribution is 2.23. The molecule has 0 radical (unpaired) electrons. The molecule has 0 aliphatic rings. The van der Waals surface area contributed by atoms with Gasteiger partial charge in [-0.1, -0.05) is 19.1 Å². The molecule has 0 amide bonds. The van der Waals surface area contributed by atoms with Crippen LogP contribution in [-0.4, -0.2) is 24.7 Å². The van der Waals surface area contributed by atoms with Gasteiger partial charge in [0.25, 0.3) is 0 Å². The predicted molar refractivity (Wildman–Crippen MR) is 99.2 cm³/mol. The molecule has 0 unspecified atom stereocenters. The third-order valence-corrected chi connectivity index (χ3v) is 4.91. The standard InChI is InChI=1S/C19H16FN5S/c1-2-13-11-16(19-22-7-9-26-19)23-24-17(13)12-25-8-6-21-18(25)14-4-3-5-15(20)10-14/h3-11H,2,12H2,1H3. The van der Waals surface area contributed by atoms with Crippen molar-refractivity contribution in [2.45, 2.75) is 19.9 Å². The quantitative estimate of drug-likeness (QED) is 0.531. The van der Waals surface area contributed by atoms with Gasteiger partial charge in [-0.25, -0.2) is 14.4 Å². The van der Waals surface area contributed by atoms with Gasteiger partial charge in [-0.05, 0) is 30.2 Å². The number of rotatable bonds is 5. The molecule has 26 heavy (non-hydrogen) atoms. The second kappa shape index (κ2) is 7.13. The molecule has 5 nitrogen and oxygen atoms in total. The molecule has 0 saturated heterocycles. The maximum absolute atomic E-state index is 13.6. The molecule has 0 atom stereocenters. The molecule has 7 heteroatoms. The minimum Gasteiger partial charge on any atom is -0.325 e. The Morgan fingerprint density at radius 1 is 1.12 bits per heavy atom. The van der Waals surface area contributed by atoms with Gasteiger partial charge >= 0.3 is 0 Å². The van der Waals surface area contributed by atoms with Crippen LogP contribution in [0.4, 0.5) is 4.39 Å². The van der Waals surface area contributed by atoms with E-state index in [1.54, 1.807) is 29.8 Å². The summed E-state index contributed by atoms with van der Waals surface area (Å²) < 4.78 is 15.5. The number of hydrogen-bond acceptors (Lipinski definition) is 5. The Kier molecular flexibility index (Phi) is 4.53. The molecular formula is C19H16FN5S. The Morgan fingerprint density at radius 3 is 2.81 bits per heavy atom. The Hall–Kier alpha value is -2.93. The van der Waals surface area contributed by atoms with Crippen LogP contribution in [0.1, 0.15) is 18.2 Å². The number of halogens is 1. The van der Waals surface area contributed by atoms with Crippen molar-refractivity contribution < 1.29 is 4.39 Å². The van der Waals surface area contributed by atoms with Crippen LogP contribution in [0.2, 0.25) is 0 Å². The van der Waals surface area contributed by atoms with Crippen LogP contribution in [-0.2, 0) is 13.0 Å². The normalized spacial score (nSPS) is 11.0. The van der Waals surface area contributed by atoms with Gasteiger partial charge in [0.2, 0.25) is 0 Å². The van der Waals surface area contributed by atoms with Crippen LogP contribution in [0.5, 0.6) is 0 Å². The first-order valence-corrected chi connectivity index (χ1v) is 9.15. The van der Waals surface area contributed by atoms with Crippen molar-refractivity contribution in [1.29, 1.82) is 0 Å². The molecule has 4 aromatic rings. The molecule has 130 valence electrons. The highest BCUT2D eigenvalue weighted by atomic mass is 32.1. The van der Waals surface area contributed by atoms with Crippen LogP contribution < -0.4 is 0 Å². The topological polar surface area (TPSA) is 56.5 Å². The Bertz CT molecular complexity index is 1030. The van der Waals surface area contributed by atoms with E-state index in [9.17, 15) is 4.39 Å². The van der Waals surface area contributed by atoms with Crippen LogP contribution >= 0.6 is 11.3 Å². The summed E-state index contributed by atoms with van der Waals surface area (Å²) in [5, 5.41) is 11.5. The monoisotopic (exact) mass is 365 g/mol. The molecule has 0 aliphatic carbocycles. The second-order valence-electron chi connectivity index (χ2n) is 5.78. The minimum atomic E-state index is -0.279. The summed E-state index contributed by atoms with van der Waals surface area (Å²) >= 11 is 1.54. The summed E-state index contributed by atoms with van der Waals surface area (Å²) in [6, 6.07) is 8.48. The fraction of sp³-hybridized carbons (Fsp3) is 0.158. The van der Waals surface area contributed by atoms with Crippen LogP contribution in [0, 0.1) is 5.82 Å². The molecule has 4 rings (SSSR count). The molecular weight excluding hydrogens is 349 g/mol. The average Bonchev–Trinajstić information content (AvgIpc) is 3.34. The van der Waals surface area contributed by atoms with Crippen molar-refractivity contribution in [3.05, 3.63) is 71.4 Å². The van der Waals surface area contributed by atoms with Gasteiger partial charge in [0, 0.05) is 29.5 Å². The molecule has 0 spiro atoms. The van der Waals surface area contributed by atoms with Crippen LogP contribution in [0.15, 0.2) is 54.3 Å². The summed E-state index contributed by atoms with van der Waals surface area (Å²) in [4.78, 5) is 8.67. The number of aryl methyl sites for hydroxylation is 1. The first-order valence-electron chi connectivity index (χ1n) is 8.27. The summed E-state index contributed by atoms with van der Waals surface area (Å²) in [6.45, 7) is 2.62. The van der Waals surface area contributed by atoms with Gasteiger partial charge in [-0.2, -0.15) is 5.10 Å². The molecule has 0 bridgehead atoms. The lowest BCUT2D eigenvalue weighted by molar-refractivity contribution is 0.628. The van der Waals surface area contributed by atoms with E-state index in [-0.39, 0.29) is 5.82 Å². The fourth-order valence-electron chi connectivity index (χ4n) is 2.84. The third kappa shape index (κ3) is 3.25. The molecule has 0 fully saturated rings. The molecule has 3 heterocycles. The summed E-state index contributed by atoms with van der Waals surface area (Å²) in [5.41, 5.74) is 3.52. The van der Waals surface area contributed by atoms with Crippen LogP contribution in [0.3, 0.4) is 0 Å². The lowest BCUT2D eigenvalue weighted by atomic mass is 10.1. The van der Waals surface area contributed by atoms with Gasteiger partial charge in [0.15, 0.2) is 0 Å². The van der Waals surface area contributed by atoms with E-state index in [4.69, 9.17) is 0 Å².